The Morgan fingerprint density at radius 2 is 1.61 bits per heavy atom. The largest absolute Gasteiger partial charge is 0.317 e. The Bertz CT molecular complexity index is 282. The van der Waals surface area contributed by atoms with Crippen molar-refractivity contribution < 1.29 is 0 Å². The van der Waals surface area contributed by atoms with Gasteiger partial charge in [-0.1, -0.05) is 44.2 Å². The van der Waals surface area contributed by atoms with Crippen LogP contribution in [0.1, 0.15) is 38.7 Å². The van der Waals surface area contributed by atoms with Crippen molar-refractivity contribution in [2.75, 3.05) is 19.6 Å². The van der Waals surface area contributed by atoms with Crippen LogP contribution in [-0.4, -0.2) is 25.7 Å². The molecule has 102 valence electrons. The first-order valence-corrected chi connectivity index (χ1v) is 7.27. The van der Waals surface area contributed by atoms with Gasteiger partial charge in [-0.05, 0) is 50.9 Å². The van der Waals surface area contributed by atoms with Gasteiger partial charge in [-0.25, -0.2) is 0 Å². The monoisotopic (exact) mass is 248 g/mol. The lowest BCUT2D eigenvalue weighted by molar-refractivity contribution is 0.540. The summed E-state index contributed by atoms with van der Waals surface area (Å²) in [7, 11) is 0. The van der Waals surface area contributed by atoms with E-state index in [-0.39, 0.29) is 0 Å². The summed E-state index contributed by atoms with van der Waals surface area (Å²) in [5.74, 6) is 0. The van der Waals surface area contributed by atoms with Crippen molar-refractivity contribution in [3.8, 4) is 0 Å². The number of hydrogen-bond donors (Lipinski definition) is 2. The SMILES string of the molecule is CC(C)NCCCNCCCCc1ccccc1. The smallest absolute Gasteiger partial charge is 0.00103 e. The average molecular weight is 248 g/mol. The predicted octanol–water partition coefficient (Wildman–Crippen LogP) is 2.99. The van der Waals surface area contributed by atoms with Crippen LogP contribution in [0, 0.1) is 0 Å². The highest BCUT2D eigenvalue weighted by Gasteiger charge is 1.94. The maximum atomic E-state index is 3.51. The molecule has 18 heavy (non-hydrogen) atoms. The van der Waals surface area contributed by atoms with Gasteiger partial charge in [-0.3, -0.25) is 0 Å². The summed E-state index contributed by atoms with van der Waals surface area (Å²) in [4.78, 5) is 0. The zero-order chi connectivity index (χ0) is 13.1. The van der Waals surface area contributed by atoms with Crippen LogP contribution < -0.4 is 10.6 Å². The van der Waals surface area contributed by atoms with Crippen molar-refractivity contribution in [3.05, 3.63) is 35.9 Å². The molecule has 0 heterocycles. The number of nitrogens with one attached hydrogen (secondary N) is 2. The molecule has 0 atom stereocenters. The Balaban J connectivity index is 1.84. The van der Waals surface area contributed by atoms with E-state index in [0.717, 1.165) is 19.6 Å². The Hall–Kier alpha value is -0.860. The van der Waals surface area contributed by atoms with E-state index in [0.29, 0.717) is 6.04 Å². The molecular weight excluding hydrogens is 220 g/mol. The van der Waals surface area contributed by atoms with E-state index < -0.39 is 0 Å². The number of unbranched alkanes of at least 4 members (excludes halogenated alkanes) is 1. The Morgan fingerprint density at radius 3 is 2.33 bits per heavy atom. The summed E-state index contributed by atoms with van der Waals surface area (Å²) >= 11 is 0. The molecule has 0 bridgehead atoms. The molecule has 1 aromatic rings. The number of aryl methyl sites for hydroxylation is 1. The van der Waals surface area contributed by atoms with Gasteiger partial charge in [-0.15, -0.1) is 0 Å². The van der Waals surface area contributed by atoms with Crippen molar-refractivity contribution in [3.63, 3.8) is 0 Å². The van der Waals surface area contributed by atoms with Gasteiger partial charge in [0, 0.05) is 6.04 Å². The van der Waals surface area contributed by atoms with E-state index in [4.69, 9.17) is 0 Å². The minimum absolute atomic E-state index is 0.607. The molecule has 1 rings (SSSR count). The molecule has 0 amide bonds. The van der Waals surface area contributed by atoms with Crippen LogP contribution in [0.2, 0.25) is 0 Å². The van der Waals surface area contributed by atoms with Gasteiger partial charge in [0.1, 0.15) is 0 Å². The second-order valence-corrected chi connectivity index (χ2v) is 5.16. The molecule has 0 aliphatic carbocycles. The third kappa shape index (κ3) is 8.26. The van der Waals surface area contributed by atoms with Crippen LogP contribution in [0.4, 0.5) is 0 Å². The van der Waals surface area contributed by atoms with E-state index in [9.17, 15) is 0 Å². The molecule has 0 aliphatic heterocycles. The highest BCUT2D eigenvalue weighted by molar-refractivity contribution is 5.14. The Morgan fingerprint density at radius 1 is 0.889 bits per heavy atom. The van der Waals surface area contributed by atoms with Crippen molar-refractivity contribution in [2.24, 2.45) is 0 Å². The molecule has 0 aromatic heterocycles. The van der Waals surface area contributed by atoms with Crippen LogP contribution in [0.3, 0.4) is 0 Å². The number of rotatable bonds is 10. The van der Waals surface area contributed by atoms with Crippen molar-refractivity contribution >= 4 is 0 Å². The van der Waals surface area contributed by atoms with Crippen LogP contribution >= 0.6 is 0 Å². The van der Waals surface area contributed by atoms with Crippen LogP contribution in [0.25, 0.3) is 0 Å². The third-order valence-electron chi connectivity index (χ3n) is 2.99. The lowest BCUT2D eigenvalue weighted by atomic mass is 10.1. The molecule has 0 fully saturated rings. The fourth-order valence-electron chi connectivity index (χ4n) is 1.95. The van der Waals surface area contributed by atoms with Gasteiger partial charge in [0.05, 0.1) is 0 Å². The summed E-state index contributed by atoms with van der Waals surface area (Å²) in [6.07, 6.45) is 4.97. The summed E-state index contributed by atoms with van der Waals surface area (Å²) < 4.78 is 0. The standard InChI is InChI=1S/C16H28N2/c1-15(2)18-14-8-13-17-12-7-6-11-16-9-4-3-5-10-16/h3-5,9-10,15,17-18H,6-8,11-14H2,1-2H3. The van der Waals surface area contributed by atoms with E-state index in [1.165, 1.54) is 31.2 Å². The molecule has 0 saturated carbocycles. The first kappa shape index (κ1) is 15.2. The van der Waals surface area contributed by atoms with Crippen LogP contribution in [-0.2, 0) is 6.42 Å². The lowest BCUT2D eigenvalue weighted by Crippen LogP contribution is -2.27. The van der Waals surface area contributed by atoms with Crippen LogP contribution in [0.15, 0.2) is 30.3 Å². The quantitative estimate of drug-likeness (QED) is 0.622. The van der Waals surface area contributed by atoms with E-state index in [2.05, 4.69) is 54.8 Å². The first-order valence-electron chi connectivity index (χ1n) is 7.27. The number of hydrogen-bond acceptors (Lipinski definition) is 2. The van der Waals surface area contributed by atoms with Gasteiger partial charge in [0.15, 0.2) is 0 Å². The van der Waals surface area contributed by atoms with E-state index in [1.54, 1.807) is 0 Å². The zero-order valence-corrected chi connectivity index (χ0v) is 11.9. The van der Waals surface area contributed by atoms with E-state index in [1.807, 2.05) is 0 Å². The first-order chi connectivity index (χ1) is 8.79. The van der Waals surface area contributed by atoms with E-state index >= 15 is 0 Å². The molecule has 0 saturated heterocycles. The average Bonchev–Trinajstić information content (AvgIpc) is 2.37. The summed E-state index contributed by atoms with van der Waals surface area (Å²) in [6.45, 7) is 7.78. The summed E-state index contributed by atoms with van der Waals surface area (Å²) in [5, 5.41) is 6.93. The minimum Gasteiger partial charge on any atom is -0.317 e. The number of benzene rings is 1. The lowest BCUT2D eigenvalue weighted by Gasteiger charge is -2.08. The highest BCUT2D eigenvalue weighted by Crippen LogP contribution is 2.03. The summed E-state index contributed by atoms with van der Waals surface area (Å²) in [6, 6.07) is 11.4. The molecule has 2 nitrogen and oxygen atoms in total. The molecule has 0 aliphatic rings. The van der Waals surface area contributed by atoms with Crippen LogP contribution in [0.5, 0.6) is 0 Å². The summed E-state index contributed by atoms with van der Waals surface area (Å²) in [5.41, 5.74) is 1.46. The molecule has 0 spiro atoms. The van der Waals surface area contributed by atoms with Crippen molar-refractivity contribution in [1.29, 1.82) is 0 Å². The second-order valence-electron chi connectivity index (χ2n) is 5.16. The second kappa shape index (κ2) is 10.1. The maximum Gasteiger partial charge on any atom is 0.00103 e. The van der Waals surface area contributed by atoms with Gasteiger partial charge in [-0.2, -0.15) is 0 Å². The normalized spacial score (nSPS) is 11.1. The Kier molecular flexibility index (Phi) is 8.53. The Labute approximate surface area is 112 Å². The molecule has 1 aromatic carbocycles. The van der Waals surface area contributed by atoms with Gasteiger partial charge < -0.3 is 10.6 Å². The molecule has 2 heteroatoms. The molecule has 2 N–H and O–H groups in total. The third-order valence-corrected chi connectivity index (χ3v) is 2.99. The topological polar surface area (TPSA) is 24.1 Å². The maximum absolute atomic E-state index is 3.51. The highest BCUT2D eigenvalue weighted by atomic mass is 14.9. The fourth-order valence-corrected chi connectivity index (χ4v) is 1.95. The van der Waals surface area contributed by atoms with Gasteiger partial charge >= 0.3 is 0 Å². The van der Waals surface area contributed by atoms with Crippen molar-refractivity contribution in [1.82, 2.24) is 10.6 Å². The minimum atomic E-state index is 0.607. The zero-order valence-electron chi connectivity index (χ0n) is 11.9. The van der Waals surface area contributed by atoms with Crippen molar-refractivity contribution in [2.45, 2.75) is 45.6 Å². The fraction of sp³-hybridized carbons (Fsp3) is 0.625. The molecule has 0 radical (unpaired) electrons. The molecule has 0 unspecified atom stereocenters. The predicted molar refractivity (Wildman–Crippen MR) is 80.0 cm³/mol. The molecular formula is C16H28N2. The van der Waals surface area contributed by atoms with Gasteiger partial charge in [0.25, 0.3) is 0 Å². The van der Waals surface area contributed by atoms with Gasteiger partial charge in [0.2, 0.25) is 0 Å².